The molecular formula is C26H30N2O8. The van der Waals surface area contributed by atoms with Crippen LogP contribution in [0.1, 0.15) is 48.9 Å². The van der Waals surface area contributed by atoms with Crippen LogP contribution in [-0.4, -0.2) is 35.0 Å². The normalized spacial score (nSPS) is 17.3. The van der Waals surface area contributed by atoms with E-state index in [1.165, 1.54) is 19.4 Å². The summed E-state index contributed by atoms with van der Waals surface area (Å²) in [7, 11) is 0. The SMILES string of the molecule is CC(=O)OCCC1Cc2ccc([N+](=O)[O-])cc2C1.CC(=O)OCCC1Cc2cccc([N+](=O)[O-])c2C1. The molecule has 2 aliphatic rings. The maximum atomic E-state index is 10.9. The van der Waals surface area contributed by atoms with Gasteiger partial charge in [0, 0.05) is 37.6 Å². The lowest BCUT2D eigenvalue weighted by Crippen LogP contribution is -2.07. The molecule has 192 valence electrons. The number of nitro benzene ring substituents is 2. The molecule has 0 saturated carbocycles. The van der Waals surface area contributed by atoms with E-state index in [1.807, 2.05) is 12.1 Å². The third-order valence-corrected chi connectivity index (χ3v) is 6.53. The van der Waals surface area contributed by atoms with Gasteiger partial charge in [-0.05, 0) is 67.1 Å². The van der Waals surface area contributed by atoms with Crippen molar-refractivity contribution in [2.45, 2.75) is 52.4 Å². The molecule has 0 fully saturated rings. The predicted molar refractivity (Wildman–Crippen MR) is 130 cm³/mol. The average Bonchev–Trinajstić information content (AvgIpc) is 3.41. The van der Waals surface area contributed by atoms with Crippen LogP contribution in [0.5, 0.6) is 0 Å². The third-order valence-electron chi connectivity index (χ3n) is 6.53. The quantitative estimate of drug-likeness (QED) is 0.294. The second kappa shape index (κ2) is 12.2. The van der Waals surface area contributed by atoms with Crippen molar-refractivity contribution in [1.29, 1.82) is 0 Å². The number of hydrogen-bond acceptors (Lipinski definition) is 8. The van der Waals surface area contributed by atoms with E-state index in [1.54, 1.807) is 24.3 Å². The van der Waals surface area contributed by atoms with Crippen LogP contribution in [0.15, 0.2) is 36.4 Å². The van der Waals surface area contributed by atoms with Gasteiger partial charge in [-0.2, -0.15) is 0 Å². The molecule has 0 saturated heterocycles. The fourth-order valence-electron chi connectivity index (χ4n) is 4.85. The van der Waals surface area contributed by atoms with E-state index in [0.29, 0.717) is 31.5 Å². The minimum absolute atomic E-state index is 0.148. The topological polar surface area (TPSA) is 139 Å². The highest BCUT2D eigenvalue weighted by Gasteiger charge is 2.28. The summed E-state index contributed by atoms with van der Waals surface area (Å²) in [4.78, 5) is 42.2. The molecule has 2 aliphatic carbocycles. The molecule has 36 heavy (non-hydrogen) atoms. The molecule has 10 nitrogen and oxygen atoms in total. The van der Waals surface area contributed by atoms with Crippen molar-refractivity contribution in [2.75, 3.05) is 13.2 Å². The summed E-state index contributed by atoms with van der Waals surface area (Å²) in [6.45, 7) is 3.60. The van der Waals surface area contributed by atoms with E-state index >= 15 is 0 Å². The Morgan fingerprint density at radius 3 is 1.97 bits per heavy atom. The summed E-state index contributed by atoms with van der Waals surface area (Å²) in [5, 5.41) is 21.6. The van der Waals surface area contributed by atoms with Crippen LogP contribution in [0.2, 0.25) is 0 Å². The number of nitrogens with zero attached hydrogens (tertiary/aromatic N) is 2. The van der Waals surface area contributed by atoms with Gasteiger partial charge in [0.2, 0.25) is 0 Å². The summed E-state index contributed by atoms with van der Waals surface area (Å²) in [6.07, 6.45) is 4.84. The Morgan fingerprint density at radius 2 is 1.39 bits per heavy atom. The molecule has 0 bridgehead atoms. The van der Waals surface area contributed by atoms with E-state index in [0.717, 1.165) is 48.8 Å². The molecule has 0 radical (unpaired) electrons. The Labute approximate surface area is 208 Å². The number of rotatable bonds is 8. The zero-order valence-corrected chi connectivity index (χ0v) is 20.4. The predicted octanol–water partition coefficient (Wildman–Crippen LogP) is 4.53. The molecule has 0 aliphatic heterocycles. The number of esters is 2. The van der Waals surface area contributed by atoms with Crippen LogP contribution < -0.4 is 0 Å². The maximum absolute atomic E-state index is 10.9. The van der Waals surface area contributed by atoms with Crippen molar-refractivity contribution in [1.82, 2.24) is 0 Å². The van der Waals surface area contributed by atoms with Gasteiger partial charge >= 0.3 is 11.9 Å². The van der Waals surface area contributed by atoms with Gasteiger partial charge in [-0.15, -0.1) is 0 Å². The van der Waals surface area contributed by atoms with Crippen molar-refractivity contribution >= 4 is 23.3 Å². The Kier molecular flexibility index (Phi) is 9.10. The molecule has 2 aromatic carbocycles. The first kappa shape index (κ1) is 26.8. The van der Waals surface area contributed by atoms with Crippen LogP contribution in [0, 0.1) is 32.1 Å². The van der Waals surface area contributed by atoms with Crippen molar-refractivity contribution in [3.63, 3.8) is 0 Å². The van der Waals surface area contributed by atoms with Crippen molar-refractivity contribution in [2.24, 2.45) is 11.8 Å². The lowest BCUT2D eigenvalue weighted by atomic mass is 10.0. The van der Waals surface area contributed by atoms with Crippen LogP contribution in [0.4, 0.5) is 11.4 Å². The van der Waals surface area contributed by atoms with E-state index in [2.05, 4.69) is 0 Å². The smallest absolute Gasteiger partial charge is 0.302 e. The minimum Gasteiger partial charge on any atom is -0.466 e. The van der Waals surface area contributed by atoms with Gasteiger partial charge in [0.15, 0.2) is 0 Å². The first-order valence-corrected chi connectivity index (χ1v) is 11.9. The number of ether oxygens (including phenoxy) is 2. The molecule has 4 rings (SSSR count). The molecule has 0 spiro atoms. The van der Waals surface area contributed by atoms with Crippen LogP contribution in [0.3, 0.4) is 0 Å². The Bertz CT molecular complexity index is 1150. The number of non-ortho nitro benzene ring substituents is 1. The van der Waals surface area contributed by atoms with Crippen molar-refractivity contribution < 1.29 is 28.9 Å². The number of carbonyl (C=O) groups excluding carboxylic acids is 2. The zero-order chi connectivity index (χ0) is 26.2. The lowest BCUT2D eigenvalue weighted by molar-refractivity contribution is -0.385. The van der Waals surface area contributed by atoms with Crippen molar-refractivity contribution in [3.8, 4) is 0 Å². The number of hydrogen-bond donors (Lipinski definition) is 0. The highest BCUT2D eigenvalue weighted by atomic mass is 16.6. The molecule has 10 heteroatoms. The lowest BCUT2D eigenvalue weighted by Gasteiger charge is -2.07. The number of fused-ring (bicyclic) bond motifs is 2. The first-order valence-electron chi connectivity index (χ1n) is 11.9. The van der Waals surface area contributed by atoms with E-state index in [4.69, 9.17) is 9.47 Å². The van der Waals surface area contributed by atoms with Gasteiger partial charge in [-0.1, -0.05) is 18.2 Å². The molecule has 0 heterocycles. The molecule has 2 unspecified atom stereocenters. The highest BCUT2D eigenvalue weighted by Crippen LogP contribution is 2.35. The summed E-state index contributed by atoms with van der Waals surface area (Å²) < 4.78 is 9.82. The van der Waals surface area contributed by atoms with Gasteiger partial charge in [0.1, 0.15) is 0 Å². The Hall–Kier alpha value is -3.82. The van der Waals surface area contributed by atoms with E-state index in [-0.39, 0.29) is 33.2 Å². The Morgan fingerprint density at radius 1 is 0.806 bits per heavy atom. The zero-order valence-electron chi connectivity index (χ0n) is 20.4. The molecule has 2 atom stereocenters. The number of benzene rings is 2. The van der Waals surface area contributed by atoms with Gasteiger partial charge in [0.25, 0.3) is 11.4 Å². The molecule has 2 aromatic rings. The fraction of sp³-hybridized carbons (Fsp3) is 0.462. The maximum Gasteiger partial charge on any atom is 0.302 e. The fourth-order valence-corrected chi connectivity index (χ4v) is 4.85. The molecule has 0 N–H and O–H groups in total. The standard InChI is InChI=1S/2C13H15NO4/c1-9(15)18-5-4-10-6-11-2-3-13(14(16)17)8-12(11)7-10;1-9(15)18-6-5-10-7-11-3-2-4-13(14(16)17)12(11)8-10/h2-3,8,10H,4-7H2,1H3;2-4,10H,5-8H2,1H3. The number of nitro groups is 2. The van der Waals surface area contributed by atoms with Crippen LogP contribution in [-0.2, 0) is 44.7 Å². The summed E-state index contributed by atoms with van der Waals surface area (Å²) in [5.41, 5.74) is 4.48. The minimum atomic E-state index is -0.369. The van der Waals surface area contributed by atoms with Gasteiger partial charge in [-0.25, -0.2) is 0 Å². The van der Waals surface area contributed by atoms with E-state index in [9.17, 15) is 29.8 Å². The van der Waals surface area contributed by atoms with Crippen molar-refractivity contribution in [3.05, 3.63) is 78.9 Å². The number of carbonyl (C=O) groups is 2. The van der Waals surface area contributed by atoms with E-state index < -0.39 is 0 Å². The summed E-state index contributed by atoms with van der Waals surface area (Å²) >= 11 is 0. The molecule has 0 amide bonds. The first-order chi connectivity index (χ1) is 17.1. The second-order valence-electron chi connectivity index (χ2n) is 9.19. The van der Waals surface area contributed by atoms with Gasteiger partial charge in [-0.3, -0.25) is 29.8 Å². The highest BCUT2D eigenvalue weighted by molar-refractivity contribution is 5.66. The average molecular weight is 499 g/mol. The molecular weight excluding hydrogens is 468 g/mol. The summed E-state index contributed by atoms with van der Waals surface area (Å²) in [5.74, 6) is 0.208. The third kappa shape index (κ3) is 7.34. The summed E-state index contributed by atoms with van der Waals surface area (Å²) in [6, 6.07) is 10.3. The second-order valence-corrected chi connectivity index (χ2v) is 9.19. The van der Waals surface area contributed by atoms with Gasteiger partial charge in [0.05, 0.1) is 23.1 Å². The van der Waals surface area contributed by atoms with Crippen LogP contribution >= 0.6 is 0 Å². The van der Waals surface area contributed by atoms with Crippen LogP contribution in [0.25, 0.3) is 0 Å². The largest absolute Gasteiger partial charge is 0.466 e. The molecule has 0 aromatic heterocycles. The Balaban J connectivity index is 0.000000201. The van der Waals surface area contributed by atoms with Gasteiger partial charge < -0.3 is 9.47 Å². The monoisotopic (exact) mass is 498 g/mol.